The molecule has 2 saturated heterocycles. The first-order valence-corrected chi connectivity index (χ1v) is 14.8. The maximum absolute atomic E-state index is 16.6. The quantitative estimate of drug-likeness (QED) is 0.268. The summed E-state index contributed by atoms with van der Waals surface area (Å²) >= 11 is 7.65. The Morgan fingerprint density at radius 3 is 2.93 bits per heavy atom. The van der Waals surface area contributed by atoms with Gasteiger partial charge in [0, 0.05) is 49.4 Å². The molecular formula is C29H29ClF3N7OS. The van der Waals surface area contributed by atoms with Gasteiger partial charge in [0.25, 0.3) is 0 Å². The molecule has 2 aromatic heterocycles. The van der Waals surface area contributed by atoms with Gasteiger partial charge in [0.1, 0.15) is 41.0 Å². The molecule has 13 heteroatoms. The molecule has 2 fully saturated rings. The smallest absolute Gasteiger partial charge is 0.319 e. The lowest BCUT2D eigenvalue weighted by Crippen LogP contribution is -2.43. The summed E-state index contributed by atoms with van der Waals surface area (Å²) in [5.74, 6) is -0.923. The summed E-state index contributed by atoms with van der Waals surface area (Å²) in [6, 6.07) is 6.14. The fraction of sp³-hybridized carbons (Fsp3) is 0.414. The van der Waals surface area contributed by atoms with E-state index in [1.54, 1.807) is 6.07 Å². The summed E-state index contributed by atoms with van der Waals surface area (Å²) in [5, 5.41) is 13.6. The third kappa shape index (κ3) is 4.68. The summed E-state index contributed by atoms with van der Waals surface area (Å²) in [7, 11) is 3.65. The molecule has 4 heterocycles. The van der Waals surface area contributed by atoms with Crippen molar-refractivity contribution in [3.05, 3.63) is 40.4 Å². The Balaban J connectivity index is 1.51. The number of aromatic nitrogens is 2. The molecule has 0 aliphatic carbocycles. The Morgan fingerprint density at radius 2 is 2.17 bits per heavy atom. The zero-order valence-corrected chi connectivity index (χ0v) is 24.7. The molecule has 0 bridgehead atoms. The number of fused-ring (bicyclic) bond motifs is 3. The number of nitrogen functional groups attached to an aromatic ring is 1. The van der Waals surface area contributed by atoms with Crippen LogP contribution in [0.5, 0.6) is 6.01 Å². The molecule has 3 N–H and O–H groups in total. The van der Waals surface area contributed by atoms with Gasteiger partial charge < -0.3 is 20.7 Å². The Kier molecular flexibility index (Phi) is 7.55. The van der Waals surface area contributed by atoms with Crippen LogP contribution in [0.25, 0.3) is 32.1 Å². The maximum atomic E-state index is 16.6. The average molecular weight is 616 g/mol. The van der Waals surface area contributed by atoms with Gasteiger partial charge in [-0.3, -0.25) is 4.90 Å². The maximum Gasteiger partial charge on any atom is 0.319 e. The molecule has 2 aliphatic heterocycles. The highest BCUT2D eigenvalue weighted by atomic mass is 35.5. The van der Waals surface area contributed by atoms with Crippen molar-refractivity contribution >= 4 is 54.7 Å². The predicted molar refractivity (Wildman–Crippen MR) is 160 cm³/mol. The van der Waals surface area contributed by atoms with Crippen LogP contribution in [0.3, 0.4) is 0 Å². The first kappa shape index (κ1) is 28.7. The number of nitriles is 1. The minimum atomic E-state index is -0.922. The monoisotopic (exact) mass is 615 g/mol. The van der Waals surface area contributed by atoms with Crippen LogP contribution < -0.4 is 20.7 Å². The van der Waals surface area contributed by atoms with Crippen LogP contribution in [0.4, 0.5) is 24.0 Å². The number of benzene rings is 2. The van der Waals surface area contributed by atoms with Crippen molar-refractivity contribution in [2.45, 2.75) is 31.0 Å². The number of nitrogens with two attached hydrogens (primary N) is 1. The number of nitrogens with zero attached hydrogens (tertiary/aromatic N) is 5. The molecule has 6 rings (SSSR count). The lowest BCUT2D eigenvalue weighted by molar-refractivity contribution is 0.107. The molecule has 42 heavy (non-hydrogen) atoms. The molecule has 8 nitrogen and oxygen atoms in total. The van der Waals surface area contributed by atoms with E-state index in [0.29, 0.717) is 37.3 Å². The van der Waals surface area contributed by atoms with E-state index in [1.807, 2.05) is 25.1 Å². The van der Waals surface area contributed by atoms with Gasteiger partial charge in [-0.2, -0.15) is 15.2 Å². The van der Waals surface area contributed by atoms with Crippen molar-refractivity contribution in [1.82, 2.24) is 20.2 Å². The second-order valence-corrected chi connectivity index (χ2v) is 12.4. The third-order valence-electron chi connectivity index (χ3n) is 8.33. The predicted octanol–water partition coefficient (Wildman–Crippen LogP) is 5.51. The van der Waals surface area contributed by atoms with Gasteiger partial charge in [-0.05, 0) is 44.1 Å². The van der Waals surface area contributed by atoms with E-state index in [0.717, 1.165) is 30.7 Å². The Hall–Kier alpha value is -3.37. The highest BCUT2D eigenvalue weighted by Gasteiger charge is 2.49. The van der Waals surface area contributed by atoms with Crippen molar-refractivity contribution in [3.63, 3.8) is 0 Å². The summed E-state index contributed by atoms with van der Waals surface area (Å²) in [5.41, 5.74) is 5.79. The van der Waals surface area contributed by atoms with E-state index in [2.05, 4.69) is 20.2 Å². The minimum absolute atomic E-state index is 0.0337. The Bertz CT molecular complexity index is 1740. The number of likely N-dealkylation sites (N-methyl/N-ethyl adjacent to an activating group) is 2. The van der Waals surface area contributed by atoms with Gasteiger partial charge in [0.2, 0.25) is 0 Å². The van der Waals surface area contributed by atoms with E-state index in [4.69, 9.17) is 22.1 Å². The molecule has 0 saturated carbocycles. The number of nitrogens with one attached hydrogen (secondary N) is 1. The SMILES string of the molecule is CNCCN(C)c1nc(OC[C@@]23CCCN2C[C@H](F)C3)nc2c(F)c(-c3ccc(F)c4sc(N)c(C#N)c34)c(Cl)cc12. The van der Waals surface area contributed by atoms with Crippen LogP contribution in [0.2, 0.25) is 5.02 Å². The Morgan fingerprint density at radius 1 is 1.36 bits per heavy atom. The molecule has 0 radical (unpaired) electrons. The normalized spacial score (nSPS) is 20.4. The van der Waals surface area contributed by atoms with Gasteiger partial charge in [-0.25, -0.2) is 13.2 Å². The van der Waals surface area contributed by atoms with Crippen molar-refractivity contribution in [3.8, 4) is 23.2 Å². The number of alkyl halides is 1. The summed E-state index contributed by atoms with van der Waals surface area (Å²) in [4.78, 5) is 13.1. The summed E-state index contributed by atoms with van der Waals surface area (Å²) < 4.78 is 52.0. The van der Waals surface area contributed by atoms with E-state index in [1.165, 1.54) is 12.1 Å². The first-order valence-electron chi connectivity index (χ1n) is 13.7. The van der Waals surface area contributed by atoms with Crippen molar-refractivity contribution in [2.75, 3.05) is 57.5 Å². The standard InChI is InChI=1S/C29H29ClF3N7OS/c1-36-7-9-39(2)27-17-10-19(30)22(16-4-5-20(32)25-21(16)18(12-34)26(35)42-25)23(33)24(17)37-28(38-27)41-14-29-6-3-8-40(29)13-15(31)11-29/h4-5,10,15,36H,3,6-9,11,13-14,35H2,1-2H3/t15-,29+/m1/s1. The van der Waals surface area contributed by atoms with Gasteiger partial charge >= 0.3 is 6.01 Å². The summed E-state index contributed by atoms with van der Waals surface area (Å²) in [6.45, 7) is 2.54. The Labute approximate surface area is 249 Å². The number of thiophene rings is 1. The summed E-state index contributed by atoms with van der Waals surface area (Å²) in [6.07, 6.45) is 1.20. The van der Waals surface area contributed by atoms with Gasteiger partial charge in [-0.1, -0.05) is 17.7 Å². The lowest BCUT2D eigenvalue weighted by Gasteiger charge is -2.31. The second-order valence-electron chi connectivity index (χ2n) is 10.9. The molecule has 2 aliphatic rings. The third-order valence-corrected chi connectivity index (χ3v) is 9.66. The average Bonchev–Trinajstić information content (AvgIpc) is 3.61. The van der Waals surface area contributed by atoms with Crippen molar-refractivity contribution < 1.29 is 17.9 Å². The lowest BCUT2D eigenvalue weighted by atomic mass is 9.95. The number of anilines is 2. The highest BCUT2D eigenvalue weighted by molar-refractivity contribution is 7.23. The molecule has 2 atom stereocenters. The fourth-order valence-corrected chi connectivity index (χ4v) is 7.55. The number of hydrogen-bond acceptors (Lipinski definition) is 9. The van der Waals surface area contributed by atoms with Crippen LogP contribution in [0.15, 0.2) is 18.2 Å². The van der Waals surface area contributed by atoms with E-state index in [-0.39, 0.29) is 54.9 Å². The van der Waals surface area contributed by atoms with Crippen LogP contribution in [-0.2, 0) is 0 Å². The topological polar surface area (TPSA) is 103 Å². The van der Waals surface area contributed by atoms with Crippen molar-refractivity contribution in [1.29, 1.82) is 5.26 Å². The van der Waals surface area contributed by atoms with Crippen LogP contribution in [-0.4, -0.2) is 73.5 Å². The van der Waals surface area contributed by atoms with Crippen LogP contribution in [0, 0.1) is 23.0 Å². The fourth-order valence-electron chi connectivity index (χ4n) is 6.30. The number of ether oxygens (including phenoxy) is 1. The molecule has 2 aromatic carbocycles. The molecule has 0 unspecified atom stereocenters. The van der Waals surface area contributed by atoms with Gasteiger partial charge in [0.05, 0.1) is 20.8 Å². The van der Waals surface area contributed by atoms with Gasteiger partial charge in [-0.15, -0.1) is 11.3 Å². The molecule has 220 valence electrons. The second kappa shape index (κ2) is 11.0. The number of halogens is 4. The number of hydrogen-bond donors (Lipinski definition) is 2. The van der Waals surface area contributed by atoms with Crippen LogP contribution in [0.1, 0.15) is 24.8 Å². The van der Waals surface area contributed by atoms with E-state index >= 15 is 4.39 Å². The van der Waals surface area contributed by atoms with E-state index < -0.39 is 23.3 Å². The van der Waals surface area contributed by atoms with E-state index in [9.17, 15) is 14.0 Å². The molecule has 4 aromatic rings. The molecule has 0 spiro atoms. The largest absolute Gasteiger partial charge is 0.461 e. The first-order chi connectivity index (χ1) is 20.2. The zero-order chi connectivity index (χ0) is 29.8. The highest BCUT2D eigenvalue weighted by Crippen LogP contribution is 2.46. The van der Waals surface area contributed by atoms with Crippen molar-refractivity contribution in [2.24, 2.45) is 0 Å². The number of rotatable bonds is 8. The molecular weight excluding hydrogens is 587 g/mol. The minimum Gasteiger partial charge on any atom is -0.461 e. The van der Waals surface area contributed by atoms with Crippen LogP contribution >= 0.6 is 22.9 Å². The molecule has 0 amide bonds. The van der Waals surface area contributed by atoms with Gasteiger partial charge in [0.15, 0.2) is 5.82 Å². The zero-order valence-electron chi connectivity index (χ0n) is 23.1.